The SMILES string of the molecule is CCC1(C)CCC(Cc2ccccc2)=NC1. The van der Waals surface area contributed by atoms with E-state index in [1.165, 1.54) is 30.5 Å². The van der Waals surface area contributed by atoms with E-state index in [1.54, 1.807) is 0 Å². The van der Waals surface area contributed by atoms with Crippen LogP contribution in [0.3, 0.4) is 0 Å². The van der Waals surface area contributed by atoms with Crippen LogP contribution in [0.5, 0.6) is 0 Å². The molecule has 1 atom stereocenters. The normalized spacial score (nSPS) is 25.2. The standard InChI is InChI=1S/C15H21N/c1-3-15(2)10-9-14(16-12-15)11-13-7-5-4-6-8-13/h4-8H,3,9-12H2,1-2H3. The maximum Gasteiger partial charge on any atom is 0.0442 e. The quantitative estimate of drug-likeness (QED) is 0.725. The van der Waals surface area contributed by atoms with E-state index >= 15 is 0 Å². The third-order valence-electron chi connectivity index (χ3n) is 3.81. The monoisotopic (exact) mass is 215 g/mol. The number of benzene rings is 1. The topological polar surface area (TPSA) is 12.4 Å². The van der Waals surface area contributed by atoms with Gasteiger partial charge in [0.1, 0.15) is 0 Å². The van der Waals surface area contributed by atoms with Gasteiger partial charge in [-0.15, -0.1) is 0 Å². The summed E-state index contributed by atoms with van der Waals surface area (Å²) in [7, 11) is 0. The van der Waals surface area contributed by atoms with E-state index in [-0.39, 0.29) is 0 Å². The van der Waals surface area contributed by atoms with Crippen molar-refractivity contribution < 1.29 is 0 Å². The van der Waals surface area contributed by atoms with E-state index in [2.05, 4.69) is 44.2 Å². The molecule has 1 aromatic rings. The molecule has 0 radical (unpaired) electrons. The minimum absolute atomic E-state index is 0.459. The van der Waals surface area contributed by atoms with Crippen LogP contribution in [-0.4, -0.2) is 12.3 Å². The molecular formula is C15H21N. The molecule has 0 amide bonds. The second-order valence-corrected chi connectivity index (χ2v) is 5.21. The third kappa shape index (κ3) is 2.72. The summed E-state index contributed by atoms with van der Waals surface area (Å²) in [6, 6.07) is 10.7. The summed E-state index contributed by atoms with van der Waals surface area (Å²) in [5.74, 6) is 0. The zero-order valence-corrected chi connectivity index (χ0v) is 10.4. The lowest BCUT2D eigenvalue weighted by molar-refractivity contribution is 0.291. The number of rotatable bonds is 3. The molecule has 0 aliphatic carbocycles. The maximum absolute atomic E-state index is 4.77. The molecule has 16 heavy (non-hydrogen) atoms. The fourth-order valence-electron chi connectivity index (χ4n) is 2.17. The van der Waals surface area contributed by atoms with Crippen molar-refractivity contribution in [2.24, 2.45) is 10.4 Å². The van der Waals surface area contributed by atoms with Gasteiger partial charge in [-0.05, 0) is 30.2 Å². The summed E-state index contributed by atoms with van der Waals surface area (Å²) in [5, 5.41) is 0. The van der Waals surface area contributed by atoms with Crippen molar-refractivity contribution in [1.82, 2.24) is 0 Å². The number of hydrogen-bond donors (Lipinski definition) is 0. The fourth-order valence-corrected chi connectivity index (χ4v) is 2.17. The number of aliphatic imine (C=N–C) groups is 1. The molecule has 2 rings (SSSR count). The van der Waals surface area contributed by atoms with Crippen LogP contribution in [0.4, 0.5) is 0 Å². The fraction of sp³-hybridized carbons (Fsp3) is 0.533. The summed E-state index contributed by atoms with van der Waals surface area (Å²) >= 11 is 0. The van der Waals surface area contributed by atoms with Gasteiger partial charge in [-0.2, -0.15) is 0 Å². The molecule has 1 nitrogen and oxygen atoms in total. The lowest BCUT2D eigenvalue weighted by Gasteiger charge is -2.31. The largest absolute Gasteiger partial charge is 0.293 e. The van der Waals surface area contributed by atoms with Crippen LogP contribution < -0.4 is 0 Å². The van der Waals surface area contributed by atoms with Gasteiger partial charge in [0.15, 0.2) is 0 Å². The van der Waals surface area contributed by atoms with E-state index in [9.17, 15) is 0 Å². The molecule has 86 valence electrons. The lowest BCUT2D eigenvalue weighted by atomic mass is 9.79. The first kappa shape index (κ1) is 11.4. The van der Waals surface area contributed by atoms with Gasteiger partial charge in [0.25, 0.3) is 0 Å². The second kappa shape index (κ2) is 4.82. The molecule has 0 aromatic heterocycles. The van der Waals surface area contributed by atoms with E-state index in [1.807, 2.05) is 0 Å². The first-order chi connectivity index (χ1) is 7.72. The van der Waals surface area contributed by atoms with Gasteiger partial charge in [0.2, 0.25) is 0 Å². The Balaban J connectivity index is 1.99. The smallest absolute Gasteiger partial charge is 0.0442 e. The molecule has 1 heterocycles. The average molecular weight is 215 g/mol. The Morgan fingerprint density at radius 2 is 2.00 bits per heavy atom. The highest BCUT2D eigenvalue weighted by Gasteiger charge is 2.25. The summed E-state index contributed by atoms with van der Waals surface area (Å²) < 4.78 is 0. The van der Waals surface area contributed by atoms with Crippen molar-refractivity contribution in [3.05, 3.63) is 35.9 Å². The van der Waals surface area contributed by atoms with Crippen molar-refractivity contribution in [2.45, 2.75) is 39.5 Å². The van der Waals surface area contributed by atoms with Gasteiger partial charge < -0.3 is 0 Å². The van der Waals surface area contributed by atoms with Crippen LogP contribution in [0, 0.1) is 5.41 Å². The van der Waals surface area contributed by atoms with Gasteiger partial charge in [0, 0.05) is 18.7 Å². The van der Waals surface area contributed by atoms with Crippen LogP contribution in [0.15, 0.2) is 35.3 Å². The van der Waals surface area contributed by atoms with E-state index in [4.69, 9.17) is 4.99 Å². The summed E-state index contributed by atoms with van der Waals surface area (Å²) in [6.45, 7) is 5.65. The maximum atomic E-state index is 4.77. The molecule has 1 heteroatoms. The van der Waals surface area contributed by atoms with Crippen LogP contribution in [0.2, 0.25) is 0 Å². The Labute approximate surface area is 98.6 Å². The third-order valence-corrected chi connectivity index (χ3v) is 3.81. The Bertz CT molecular complexity index is 366. The van der Waals surface area contributed by atoms with Crippen molar-refractivity contribution in [3.8, 4) is 0 Å². The van der Waals surface area contributed by atoms with E-state index in [0.717, 1.165) is 13.0 Å². The first-order valence-electron chi connectivity index (χ1n) is 6.28. The molecule has 0 saturated heterocycles. The molecule has 1 aromatic carbocycles. The predicted molar refractivity (Wildman–Crippen MR) is 70.1 cm³/mol. The van der Waals surface area contributed by atoms with E-state index < -0.39 is 0 Å². The van der Waals surface area contributed by atoms with Gasteiger partial charge in [-0.3, -0.25) is 4.99 Å². The number of hydrogen-bond acceptors (Lipinski definition) is 1. The van der Waals surface area contributed by atoms with Crippen LogP contribution in [0.25, 0.3) is 0 Å². The average Bonchev–Trinajstić information content (AvgIpc) is 2.34. The lowest BCUT2D eigenvalue weighted by Crippen LogP contribution is -2.26. The molecule has 0 spiro atoms. The first-order valence-corrected chi connectivity index (χ1v) is 6.28. The van der Waals surface area contributed by atoms with E-state index in [0.29, 0.717) is 5.41 Å². The zero-order valence-electron chi connectivity index (χ0n) is 10.4. The Hall–Kier alpha value is -1.11. The Morgan fingerprint density at radius 3 is 2.56 bits per heavy atom. The van der Waals surface area contributed by atoms with Crippen molar-refractivity contribution in [2.75, 3.05) is 6.54 Å². The summed E-state index contributed by atoms with van der Waals surface area (Å²) in [4.78, 5) is 4.77. The molecule has 1 aliphatic heterocycles. The molecule has 0 N–H and O–H groups in total. The molecule has 1 unspecified atom stereocenters. The van der Waals surface area contributed by atoms with Crippen molar-refractivity contribution in [1.29, 1.82) is 0 Å². The predicted octanol–water partition coefficient (Wildman–Crippen LogP) is 3.88. The van der Waals surface area contributed by atoms with Gasteiger partial charge in [-0.25, -0.2) is 0 Å². The summed E-state index contributed by atoms with van der Waals surface area (Å²) in [6.07, 6.45) is 4.77. The highest BCUT2D eigenvalue weighted by Crippen LogP contribution is 2.31. The molecule has 0 saturated carbocycles. The van der Waals surface area contributed by atoms with Crippen LogP contribution >= 0.6 is 0 Å². The van der Waals surface area contributed by atoms with Crippen LogP contribution in [-0.2, 0) is 6.42 Å². The minimum Gasteiger partial charge on any atom is -0.293 e. The number of nitrogens with zero attached hydrogens (tertiary/aromatic N) is 1. The van der Waals surface area contributed by atoms with Crippen molar-refractivity contribution in [3.63, 3.8) is 0 Å². The van der Waals surface area contributed by atoms with Gasteiger partial charge >= 0.3 is 0 Å². The summed E-state index contributed by atoms with van der Waals surface area (Å²) in [5.41, 5.74) is 3.23. The van der Waals surface area contributed by atoms with Gasteiger partial charge in [-0.1, -0.05) is 44.2 Å². The van der Waals surface area contributed by atoms with Gasteiger partial charge in [0.05, 0.1) is 0 Å². The Morgan fingerprint density at radius 1 is 1.25 bits per heavy atom. The Kier molecular flexibility index (Phi) is 3.42. The highest BCUT2D eigenvalue weighted by molar-refractivity contribution is 5.87. The van der Waals surface area contributed by atoms with Crippen LogP contribution in [0.1, 0.15) is 38.7 Å². The minimum atomic E-state index is 0.459. The molecule has 0 fully saturated rings. The second-order valence-electron chi connectivity index (χ2n) is 5.21. The molecular weight excluding hydrogens is 194 g/mol. The van der Waals surface area contributed by atoms with Crippen molar-refractivity contribution >= 4 is 5.71 Å². The highest BCUT2D eigenvalue weighted by atomic mass is 14.8. The molecule has 0 bridgehead atoms. The zero-order chi connectivity index (χ0) is 11.4. The molecule has 1 aliphatic rings.